The highest BCUT2D eigenvalue weighted by Gasteiger charge is 2.34. The highest BCUT2D eigenvalue weighted by atomic mass is 16.5. The van der Waals surface area contributed by atoms with E-state index in [1.54, 1.807) is 0 Å². The van der Waals surface area contributed by atoms with Crippen LogP contribution in [-0.2, 0) is 9.53 Å². The highest BCUT2D eigenvalue weighted by Crippen LogP contribution is 2.33. The van der Waals surface area contributed by atoms with Gasteiger partial charge in [0.15, 0.2) is 0 Å². The van der Waals surface area contributed by atoms with Gasteiger partial charge in [0.25, 0.3) is 0 Å². The summed E-state index contributed by atoms with van der Waals surface area (Å²) in [5, 5.41) is 6.69. The number of piperidine rings is 1. The van der Waals surface area contributed by atoms with Crippen molar-refractivity contribution < 1.29 is 14.3 Å². The number of hydrogen-bond acceptors (Lipinski definition) is 4. The maximum atomic E-state index is 12.5. The summed E-state index contributed by atoms with van der Waals surface area (Å²) >= 11 is 0. The third-order valence-electron chi connectivity index (χ3n) is 5.39. The molecule has 3 heterocycles. The Morgan fingerprint density at radius 3 is 2.75 bits per heavy atom. The lowest BCUT2D eigenvalue weighted by molar-refractivity contribution is -0.117. The predicted molar refractivity (Wildman–Crippen MR) is 92.2 cm³/mol. The molecule has 1 aromatic carbocycles. The summed E-state index contributed by atoms with van der Waals surface area (Å²) in [6.45, 7) is 1.37. The van der Waals surface area contributed by atoms with Crippen LogP contribution in [0.1, 0.15) is 38.5 Å². The van der Waals surface area contributed by atoms with Crippen LogP contribution in [0.5, 0.6) is 5.75 Å². The fourth-order valence-electron chi connectivity index (χ4n) is 4.26. The molecule has 5 heteroatoms. The SMILES string of the molecule is O=C(CC1CC2CCC(C1)N2)Nc1ccccc1OC1CCOC1. The van der Waals surface area contributed by atoms with Crippen molar-refractivity contribution in [1.82, 2.24) is 5.32 Å². The Balaban J connectivity index is 1.35. The summed E-state index contributed by atoms with van der Waals surface area (Å²) in [4.78, 5) is 12.5. The monoisotopic (exact) mass is 330 g/mol. The molecular formula is C19H26N2O3. The lowest BCUT2D eigenvalue weighted by Gasteiger charge is -2.28. The Bertz CT molecular complexity index is 574. The topological polar surface area (TPSA) is 59.6 Å². The maximum absolute atomic E-state index is 12.5. The summed E-state index contributed by atoms with van der Waals surface area (Å²) in [6, 6.07) is 8.94. The number of carbonyl (C=O) groups excluding carboxylic acids is 1. The van der Waals surface area contributed by atoms with Crippen LogP contribution in [0.25, 0.3) is 0 Å². The summed E-state index contributed by atoms with van der Waals surface area (Å²) < 4.78 is 11.4. The van der Waals surface area contributed by atoms with Gasteiger partial charge >= 0.3 is 0 Å². The van der Waals surface area contributed by atoms with Gasteiger partial charge in [0.05, 0.1) is 18.9 Å². The molecule has 3 unspecified atom stereocenters. The molecule has 1 amide bonds. The smallest absolute Gasteiger partial charge is 0.224 e. The highest BCUT2D eigenvalue weighted by molar-refractivity contribution is 5.92. The molecule has 0 aromatic heterocycles. The number of carbonyl (C=O) groups is 1. The Kier molecular flexibility index (Phi) is 4.72. The molecule has 0 radical (unpaired) electrons. The second-order valence-electron chi connectivity index (χ2n) is 7.33. The predicted octanol–water partition coefficient (Wildman–Crippen LogP) is 2.71. The summed E-state index contributed by atoms with van der Waals surface area (Å²) in [5.74, 6) is 1.34. The molecule has 3 atom stereocenters. The molecule has 3 aliphatic heterocycles. The number of ether oxygens (including phenoxy) is 2. The van der Waals surface area contributed by atoms with Crippen molar-refractivity contribution in [2.75, 3.05) is 18.5 Å². The van der Waals surface area contributed by atoms with Crippen molar-refractivity contribution >= 4 is 11.6 Å². The van der Waals surface area contributed by atoms with Gasteiger partial charge in [-0.25, -0.2) is 0 Å². The fraction of sp³-hybridized carbons (Fsp3) is 0.632. The van der Waals surface area contributed by atoms with Gasteiger partial charge in [-0.15, -0.1) is 0 Å². The first kappa shape index (κ1) is 15.9. The average Bonchev–Trinajstić information content (AvgIpc) is 3.19. The second kappa shape index (κ2) is 7.11. The van der Waals surface area contributed by atoms with Crippen LogP contribution in [0.4, 0.5) is 5.69 Å². The first-order valence-electron chi connectivity index (χ1n) is 9.15. The van der Waals surface area contributed by atoms with Crippen LogP contribution in [0.2, 0.25) is 0 Å². The zero-order valence-corrected chi connectivity index (χ0v) is 14.0. The number of anilines is 1. The van der Waals surface area contributed by atoms with Crippen LogP contribution < -0.4 is 15.4 Å². The van der Waals surface area contributed by atoms with E-state index in [2.05, 4.69) is 10.6 Å². The van der Waals surface area contributed by atoms with E-state index >= 15 is 0 Å². The van der Waals surface area contributed by atoms with Crippen molar-refractivity contribution in [3.8, 4) is 5.75 Å². The van der Waals surface area contributed by atoms with E-state index < -0.39 is 0 Å². The van der Waals surface area contributed by atoms with E-state index in [9.17, 15) is 4.79 Å². The number of benzene rings is 1. The molecule has 2 N–H and O–H groups in total. The van der Waals surface area contributed by atoms with E-state index in [1.807, 2.05) is 24.3 Å². The molecular weight excluding hydrogens is 304 g/mol. The molecule has 2 bridgehead atoms. The standard InChI is InChI=1S/C19H26N2O3/c22-19(11-13-9-14-5-6-15(10-13)20-14)21-17-3-1-2-4-18(17)24-16-7-8-23-12-16/h1-4,13-16,20H,5-12H2,(H,21,22). The van der Waals surface area contributed by atoms with Gasteiger partial charge < -0.3 is 20.1 Å². The summed E-state index contributed by atoms with van der Waals surface area (Å²) in [7, 11) is 0. The van der Waals surface area contributed by atoms with Gasteiger partial charge in [-0.2, -0.15) is 0 Å². The second-order valence-corrected chi connectivity index (χ2v) is 7.33. The lowest BCUT2D eigenvalue weighted by Crippen LogP contribution is -2.39. The zero-order valence-electron chi connectivity index (χ0n) is 14.0. The van der Waals surface area contributed by atoms with Gasteiger partial charge in [0.1, 0.15) is 11.9 Å². The normalized spacial score (nSPS) is 31.8. The van der Waals surface area contributed by atoms with E-state index in [-0.39, 0.29) is 12.0 Å². The van der Waals surface area contributed by atoms with Crippen molar-refractivity contribution in [1.29, 1.82) is 0 Å². The van der Waals surface area contributed by atoms with E-state index in [0.29, 0.717) is 31.0 Å². The number of nitrogens with one attached hydrogen (secondary N) is 2. The largest absolute Gasteiger partial charge is 0.486 e. The molecule has 24 heavy (non-hydrogen) atoms. The molecule has 4 rings (SSSR count). The number of rotatable bonds is 5. The third-order valence-corrected chi connectivity index (χ3v) is 5.39. The first-order valence-corrected chi connectivity index (χ1v) is 9.15. The number of para-hydroxylation sites is 2. The van der Waals surface area contributed by atoms with Crippen molar-refractivity contribution in [2.24, 2.45) is 5.92 Å². The number of amides is 1. The molecule has 0 spiro atoms. The Morgan fingerprint density at radius 1 is 1.21 bits per heavy atom. The quantitative estimate of drug-likeness (QED) is 0.871. The van der Waals surface area contributed by atoms with E-state index in [0.717, 1.165) is 37.3 Å². The minimum absolute atomic E-state index is 0.0862. The van der Waals surface area contributed by atoms with Crippen LogP contribution >= 0.6 is 0 Å². The van der Waals surface area contributed by atoms with Crippen LogP contribution in [0.15, 0.2) is 24.3 Å². The van der Waals surface area contributed by atoms with E-state index in [1.165, 1.54) is 12.8 Å². The first-order chi connectivity index (χ1) is 11.8. The molecule has 3 aliphatic rings. The molecule has 1 aromatic rings. The van der Waals surface area contributed by atoms with E-state index in [4.69, 9.17) is 9.47 Å². The van der Waals surface area contributed by atoms with Gasteiger partial charge in [-0.3, -0.25) is 4.79 Å². The van der Waals surface area contributed by atoms with Crippen LogP contribution in [0.3, 0.4) is 0 Å². The molecule has 0 saturated carbocycles. The minimum Gasteiger partial charge on any atom is -0.486 e. The Hall–Kier alpha value is -1.59. The van der Waals surface area contributed by atoms with Gasteiger partial charge in [-0.05, 0) is 43.7 Å². The Morgan fingerprint density at radius 2 is 2.00 bits per heavy atom. The number of fused-ring (bicyclic) bond motifs is 2. The van der Waals surface area contributed by atoms with Crippen molar-refractivity contribution in [3.63, 3.8) is 0 Å². The van der Waals surface area contributed by atoms with Gasteiger partial charge in [-0.1, -0.05) is 12.1 Å². The molecule has 3 saturated heterocycles. The minimum atomic E-state index is 0.0862. The third kappa shape index (κ3) is 3.73. The van der Waals surface area contributed by atoms with Gasteiger partial charge in [0, 0.05) is 24.9 Å². The van der Waals surface area contributed by atoms with Crippen molar-refractivity contribution in [2.45, 2.75) is 56.7 Å². The molecule has 5 nitrogen and oxygen atoms in total. The Labute approximate surface area is 143 Å². The van der Waals surface area contributed by atoms with Crippen LogP contribution in [0, 0.1) is 5.92 Å². The van der Waals surface area contributed by atoms with Crippen molar-refractivity contribution in [3.05, 3.63) is 24.3 Å². The zero-order chi connectivity index (χ0) is 16.4. The fourth-order valence-corrected chi connectivity index (χ4v) is 4.26. The molecule has 130 valence electrons. The van der Waals surface area contributed by atoms with Gasteiger partial charge in [0.2, 0.25) is 5.91 Å². The number of hydrogen-bond donors (Lipinski definition) is 2. The maximum Gasteiger partial charge on any atom is 0.224 e. The average molecular weight is 330 g/mol. The summed E-state index contributed by atoms with van der Waals surface area (Å²) in [6.07, 6.45) is 6.38. The lowest BCUT2D eigenvalue weighted by atomic mass is 9.89. The van der Waals surface area contributed by atoms with Crippen LogP contribution in [-0.4, -0.2) is 37.3 Å². The molecule has 0 aliphatic carbocycles. The summed E-state index contributed by atoms with van der Waals surface area (Å²) in [5.41, 5.74) is 0.770. The molecule has 3 fully saturated rings.